The third-order valence-corrected chi connectivity index (χ3v) is 4.28. The van der Waals surface area contributed by atoms with Gasteiger partial charge in [-0.3, -0.25) is 0 Å². The van der Waals surface area contributed by atoms with Gasteiger partial charge in [-0.15, -0.1) is 0 Å². The maximum Gasteiger partial charge on any atom is 0.404 e. The predicted molar refractivity (Wildman–Crippen MR) is 72.0 cm³/mol. The number of carbonyl (C=O) groups is 1. The van der Waals surface area contributed by atoms with Crippen molar-refractivity contribution in [2.45, 2.75) is 18.9 Å². The fourth-order valence-corrected chi connectivity index (χ4v) is 3.40. The highest BCUT2D eigenvalue weighted by Crippen LogP contribution is 2.38. The van der Waals surface area contributed by atoms with E-state index < -0.39 is 6.09 Å². The van der Waals surface area contributed by atoms with Crippen molar-refractivity contribution in [3.8, 4) is 5.88 Å². The molecule has 0 unspecified atom stereocenters. The van der Waals surface area contributed by atoms with Crippen molar-refractivity contribution in [2.24, 2.45) is 11.8 Å². The zero-order valence-corrected chi connectivity index (χ0v) is 11.3. The molecule has 7 nitrogen and oxygen atoms in total. The van der Waals surface area contributed by atoms with Crippen LogP contribution in [0.2, 0.25) is 0 Å². The first-order valence-corrected chi connectivity index (χ1v) is 6.78. The number of piperidine rings is 1. The smallest absolute Gasteiger partial charge is 0.404 e. The number of hydrogen-bond donors (Lipinski definition) is 2. The molecule has 1 saturated carbocycles. The van der Waals surface area contributed by atoms with E-state index in [0.29, 0.717) is 17.7 Å². The van der Waals surface area contributed by atoms with E-state index in [4.69, 9.17) is 9.84 Å². The van der Waals surface area contributed by atoms with Crippen molar-refractivity contribution in [3.63, 3.8) is 0 Å². The Morgan fingerprint density at radius 3 is 2.70 bits per heavy atom. The summed E-state index contributed by atoms with van der Waals surface area (Å²) in [5.74, 6) is 2.10. The standard InChI is InChI=1S/C13H18N4O3/c1-20-11-4-10(14-7-15-11)17-5-8-2-3-9(6-17)12(8)16-13(18)19/h4,7-9,12,16H,2-3,5-6H2,1H3,(H,18,19)/t8-,9+,12-. The Labute approximate surface area is 117 Å². The number of anilines is 1. The van der Waals surface area contributed by atoms with Crippen molar-refractivity contribution >= 4 is 11.9 Å². The lowest BCUT2D eigenvalue weighted by Crippen LogP contribution is -2.52. The van der Waals surface area contributed by atoms with Crippen LogP contribution in [0.4, 0.5) is 10.6 Å². The monoisotopic (exact) mass is 278 g/mol. The van der Waals surface area contributed by atoms with Gasteiger partial charge in [-0.05, 0) is 24.7 Å². The molecule has 0 radical (unpaired) electrons. The Balaban J connectivity index is 1.74. The summed E-state index contributed by atoms with van der Waals surface area (Å²) < 4.78 is 5.12. The molecule has 3 rings (SSSR count). The summed E-state index contributed by atoms with van der Waals surface area (Å²) in [6.07, 6.45) is 2.70. The molecule has 0 aromatic carbocycles. The summed E-state index contributed by atoms with van der Waals surface area (Å²) >= 11 is 0. The van der Waals surface area contributed by atoms with Crippen molar-refractivity contribution in [2.75, 3.05) is 25.1 Å². The minimum Gasteiger partial charge on any atom is -0.481 e. The lowest BCUT2D eigenvalue weighted by Gasteiger charge is -2.38. The van der Waals surface area contributed by atoms with E-state index >= 15 is 0 Å². The van der Waals surface area contributed by atoms with Crippen LogP contribution in [-0.4, -0.2) is 47.4 Å². The average molecular weight is 278 g/mol. The molecule has 1 aliphatic carbocycles. The number of ether oxygens (including phenoxy) is 1. The van der Waals surface area contributed by atoms with Crippen LogP contribution in [0, 0.1) is 11.8 Å². The van der Waals surface area contributed by atoms with E-state index in [9.17, 15) is 4.79 Å². The van der Waals surface area contributed by atoms with Crippen LogP contribution in [0.5, 0.6) is 5.88 Å². The average Bonchev–Trinajstić information content (AvgIpc) is 2.69. The zero-order valence-electron chi connectivity index (χ0n) is 11.3. The Morgan fingerprint density at radius 2 is 2.10 bits per heavy atom. The number of amides is 1. The minimum absolute atomic E-state index is 0.0764. The number of carboxylic acid groups (broad SMARTS) is 1. The maximum absolute atomic E-state index is 10.9. The van der Waals surface area contributed by atoms with Crippen molar-refractivity contribution in [1.29, 1.82) is 0 Å². The molecule has 1 aromatic rings. The number of nitrogens with zero attached hydrogens (tertiary/aromatic N) is 3. The second-order valence-electron chi connectivity index (χ2n) is 5.40. The molecular formula is C13H18N4O3. The lowest BCUT2D eigenvalue weighted by molar-refractivity contribution is 0.178. The van der Waals surface area contributed by atoms with E-state index in [0.717, 1.165) is 31.7 Å². The second-order valence-corrected chi connectivity index (χ2v) is 5.40. The minimum atomic E-state index is -0.927. The van der Waals surface area contributed by atoms with Crippen LogP contribution in [0.25, 0.3) is 0 Å². The van der Waals surface area contributed by atoms with Crippen LogP contribution >= 0.6 is 0 Å². The van der Waals surface area contributed by atoms with Crippen LogP contribution in [0.15, 0.2) is 12.4 Å². The highest BCUT2D eigenvalue weighted by atomic mass is 16.5. The zero-order chi connectivity index (χ0) is 14.1. The summed E-state index contributed by atoms with van der Waals surface area (Å²) in [6.45, 7) is 1.64. The van der Waals surface area contributed by atoms with Gasteiger partial charge in [-0.2, -0.15) is 0 Å². The third-order valence-electron chi connectivity index (χ3n) is 4.28. The molecule has 1 aromatic heterocycles. The number of nitrogens with one attached hydrogen (secondary N) is 1. The van der Waals surface area contributed by atoms with Gasteiger partial charge in [0.2, 0.25) is 5.88 Å². The van der Waals surface area contributed by atoms with Gasteiger partial charge in [0, 0.05) is 25.2 Å². The van der Waals surface area contributed by atoms with Gasteiger partial charge < -0.3 is 20.1 Å². The van der Waals surface area contributed by atoms with Gasteiger partial charge >= 0.3 is 6.09 Å². The van der Waals surface area contributed by atoms with Crippen molar-refractivity contribution < 1.29 is 14.6 Å². The van der Waals surface area contributed by atoms with E-state index in [1.54, 1.807) is 7.11 Å². The lowest BCUT2D eigenvalue weighted by atomic mass is 9.92. The Bertz CT molecular complexity index is 496. The van der Waals surface area contributed by atoms with E-state index in [1.807, 2.05) is 6.07 Å². The van der Waals surface area contributed by atoms with E-state index in [-0.39, 0.29) is 6.04 Å². The molecule has 2 N–H and O–H groups in total. The first kappa shape index (κ1) is 13.0. The molecule has 2 bridgehead atoms. The molecule has 1 amide bonds. The molecule has 1 aliphatic heterocycles. The number of methoxy groups -OCH3 is 1. The van der Waals surface area contributed by atoms with Gasteiger partial charge in [-0.25, -0.2) is 14.8 Å². The van der Waals surface area contributed by atoms with E-state index in [2.05, 4.69) is 20.2 Å². The van der Waals surface area contributed by atoms with Gasteiger partial charge in [0.15, 0.2) is 0 Å². The number of fused-ring (bicyclic) bond motifs is 2. The molecule has 108 valence electrons. The predicted octanol–water partition coefficient (Wildman–Crippen LogP) is 0.968. The first-order valence-electron chi connectivity index (χ1n) is 6.78. The highest BCUT2D eigenvalue weighted by Gasteiger charge is 2.43. The fraction of sp³-hybridized carbons (Fsp3) is 0.615. The summed E-state index contributed by atoms with van der Waals surface area (Å²) in [7, 11) is 1.58. The normalized spacial score (nSPS) is 28.2. The Hall–Kier alpha value is -2.05. The molecule has 0 spiro atoms. The summed E-state index contributed by atoms with van der Waals surface area (Å²) in [6, 6.07) is 1.90. The number of hydrogen-bond acceptors (Lipinski definition) is 5. The molecule has 3 atom stereocenters. The molecule has 20 heavy (non-hydrogen) atoms. The van der Waals surface area contributed by atoms with Crippen LogP contribution < -0.4 is 15.0 Å². The molecule has 2 aliphatic rings. The summed E-state index contributed by atoms with van der Waals surface area (Å²) in [5, 5.41) is 11.6. The molecule has 2 fully saturated rings. The maximum atomic E-state index is 10.9. The molecule has 7 heteroatoms. The van der Waals surface area contributed by atoms with Crippen molar-refractivity contribution in [3.05, 3.63) is 12.4 Å². The first-order chi connectivity index (χ1) is 9.67. The Kier molecular flexibility index (Phi) is 3.33. The quantitative estimate of drug-likeness (QED) is 0.856. The van der Waals surface area contributed by atoms with Crippen molar-refractivity contribution in [1.82, 2.24) is 15.3 Å². The third kappa shape index (κ3) is 2.35. The highest BCUT2D eigenvalue weighted by molar-refractivity contribution is 5.65. The molecular weight excluding hydrogens is 260 g/mol. The van der Waals surface area contributed by atoms with Crippen LogP contribution in [0.1, 0.15) is 12.8 Å². The van der Waals surface area contributed by atoms with Gasteiger partial charge in [-0.1, -0.05) is 0 Å². The van der Waals surface area contributed by atoms with Crippen LogP contribution in [0.3, 0.4) is 0 Å². The molecule has 1 saturated heterocycles. The fourth-order valence-electron chi connectivity index (χ4n) is 3.40. The van der Waals surface area contributed by atoms with Gasteiger partial charge in [0.1, 0.15) is 12.1 Å². The summed E-state index contributed by atoms with van der Waals surface area (Å²) in [5.41, 5.74) is 0. The summed E-state index contributed by atoms with van der Waals surface area (Å²) in [4.78, 5) is 21.4. The number of aromatic nitrogens is 2. The Morgan fingerprint density at radius 1 is 1.40 bits per heavy atom. The number of rotatable bonds is 3. The molecule has 2 heterocycles. The topological polar surface area (TPSA) is 87.6 Å². The SMILES string of the molecule is COc1cc(N2C[C@H]3CC[C@@H](C2)[C@@H]3NC(=O)O)ncn1. The second kappa shape index (κ2) is 5.15. The largest absolute Gasteiger partial charge is 0.481 e. The van der Waals surface area contributed by atoms with Gasteiger partial charge in [0.25, 0.3) is 0 Å². The van der Waals surface area contributed by atoms with E-state index in [1.165, 1.54) is 6.33 Å². The van der Waals surface area contributed by atoms with Gasteiger partial charge in [0.05, 0.1) is 7.11 Å². The van der Waals surface area contributed by atoms with Crippen LogP contribution in [-0.2, 0) is 0 Å².